The van der Waals surface area contributed by atoms with Crippen molar-refractivity contribution in [3.05, 3.63) is 35.9 Å². The van der Waals surface area contributed by atoms with E-state index >= 15 is 0 Å². The van der Waals surface area contributed by atoms with Gasteiger partial charge in [-0.25, -0.2) is 0 Å². The Morgan fingerprint density at radius 2 is 1.76 bits per heavy atom. The average molecular weight is 396 g/mol. The van der Waals surface area contributed by atoms with Crippen LogP contribution in [0.4, 0.5) is 0 Å². The molecule has 1 aromatic rings. The first-order chi connectivity index (χ1) is 14.2. The van der Waals surface area contributed by atoms with Gasteiger partial charge in [0.2, 0.25) is 5.91 Å². The molecule has 3 aliphatic heterocycles. The number of amides is 2. The van der Waals surface area contributed by atoms with Crippen molar-refractivity contribution in [1.29, 1.82) is 0 Å². The fourth-order valence-corrected chi connectivity index (χ4v) is 6.34. The van der Waals surface area contributed by atoms with E-state index in [1.807, 2.05) is 35.2 Å². The molecule has 3 saturated heterocycles. The van der Waals surface area contributed by atoms with E-state index in [-0.39, 0.29) is 23.9 Å². The van der Waals surface area contributed by atoms with E-state index in [1.54, 1.807) is 0 Å². The second kappa shape index (κ2) is 7.75. The summed E-state index contributed by atoms with van der Waals surface area (Å²) in [5.74, 6) is 0.733. The Morgan fingerprint density at radius 1 is 1.00 bits per heavy atom. The molecular weight excluding hydrogens is 362 g/mol. The van der Waals surface area contributed by atoms with Crippen LogP contribution in [0.25, 0.3) is 0 Å². The van der Waals surface area contributed by atoms with Crippen molar-refractivity contribution in [1.82, 2.24) is 15.1 Å². The first kappa shape index (κ1) is 19.1. The highest BCUT2D eigenvalue weighted by Gasteiger charge is 2.49. The zero-order chi connectivity index (χ0) is 19.8. The maximum absolute atomic E-state index is 13.6. The van der Waals surface area contributed by atoms with E-state index in [1.165, 1.54) is 19.3 Å². The zero-order valence-corrected chi connectivity index (χ0v) is 17.3. The van der Waals surface area contributed by atoms with E-state index in [9.17, 15) is 9.59 Å². The topological polar surface area (TPSA) is 52.7 Å². The number of piperidine rings is 1. The summed E-state index contributed by atoms with van der Waals surface area (Å²) in [6, 6.07) is 9.51. The SMILES string of the molecule is O=C(C1CC2CCCCC2N1C(=O)c1ccccc1)N1CCC2(CCNC2)CC1. The Morgan fingerprint density at radius 3 is 2.48 bits per heavy atom. The third kappa shape index (κ3) is 3.48. The summed E-state index contributed by atoms with van der Waals surface area (Å²) in [5, 5.41) is 3.50. The summed E-state index contributed by atoms with van der Waals surface area (Å²) in [5.41, 5.74) is 1.12. The van der Waals surface area contributed by atoms with Gasteiger partial charge in [-0.05, 0) is 68.5 Å². The highest BCUT2D eigenvalue weighted by molar-refractivity contribution is 5.98. The largest absolute Gasteiger partial charge is 0.341 e. The lowest BCUT2D eigenvalue weighted by molar-refractivity contribution is -0.137. The quantitative estimate of drug-likeness (QED) is 0.837. The van der Waals surface area contributed by atoms with Crippen LogP contribution < -0.4 is 5.32 Å². The summed E-state index contributed by atoms with van der Waals surface area (Å²) in [6.07, 6.45) is 8.88. The van der Waals surface area contributed by atoms with Crippen LogP contribution in [0.3, 0.4) is 0 Å². The van der Waals surface area contributed by atoms with Gasteiger partial charge in [-0.2, -0.15) is 0 Å². The second-order valence-corrected chi connectivity index (χ2v) is 9.69. The number of hydrogen-bond donors (Lipinski definition) is 1. The van der Waals surface area contributed by atoms with Gasteiger partial charge in [0, 0.05) is 31.2 Å². The third-order valence-corrected chi connectivity index (χ3v) is 8.10. The normalized spacial score (nSPS) is 31.1. The average Bonchev–Trinajstić information content (AvgIpc) is 3.39. The molecule has 5 rings (SSSR count). The molecule has 1 saturated carbocycles. The van der Waals surface area contributed by atoms with Crippen molar-refractivity contribution in [2.75, 3.05) is 26.2 Å². The summed E-state index contributed by atoms with van der Waals surface area (Å²) in [4.78, 5) is 31.1. The van der Waals surface area contributed by atoms with Crippen molar-refractivity contribution >= 4 is 11.8 Å². The molecular formula is C24H33N3O2. The maximum Gasteiger partial charge on any atom is 0.254 e. The monoisotopic (exact) mass is 395 g/mol. The number of benzene rings is 1. The van der Waals surface area contributed by atoms with E-state index in [0.717, 1.165) is 58.3 Å². The minimum absolute atomic E-state index is 0.0480. The predicted octanol–water partition coefficient (Wildman–Crippen LogP) is 3.06. The summed E-state index contributed by atoms with van der Waals surface area (Å²) in [7, 11) is 0. The molecule has 4 fully saturated rings. The number of carbonyl (C=O) groups is 2. The van der Waals surface area contributed by atoms with Gasteiger partial charge in [-0.1, -0.05) is 31.0 Å². The molecule has 0 bridgehead atoms. The molecule has 2 amide bonds. The Kier molecular flexibility index (Phi) is 5.10. The number of nitrogens with one attached hydrogen (secondary N) is 1. The van der Waals surface area contributed by atoms with Gasteiger partial charge in [-0.15, -0.1) is 0 Å². The molecule has 5 heteroatoms. The Bertz CT molecular complexity index is 749. The first-order valence-corrected chi connectivity index (χ1v) is 11.5. The minimum atomic E-state index is -0.272. The number of rotatable bonds is 2. The number of carbonyl (C=O) groups excluding carboxylic acids is 2. The van der Waals surface area contributed by atoms with E-state index in [2.05, 4.69) is 10.2 Å². The molecule has 4 aliphatic rings. The van der Waals surface area contributed by atoms with Crippen LogP contribution in [-0.4, -0.2) is 59.9 Å². The molecule has 1 aliphatic carbocycles. The van der Waals surface area contributed by atoms with Crippen molar-refractivity contribution in [3.8, 4) is 0 Å². The Hall–Kier alpha value is -1.88. The lowest BCUT2D eigenvalue weighted by Gasteiger charge is -2.41. The summed E-state index contributed by atoms with van der Waals surface area (Å²) < 4.78 is 0. The molecule has 5 nitrogen and oxygen atoms in total. The van der Waals surface area contributed by atoms with E-state index in [0.29, 0.717) is 16.9 Å². The van der Waals surface area contributed by atoms with Gasteiger partial charge in [0.15, 0.2) is 0 Å². The molecule has 156 valence electrons. The van der Waals surface area contributed by atoms with Crippen molar-refractivity contribution < 1.29 is 9.59 Å². The molecule has 1 aromatic carbocycles. The van der Waals surface area contributed by atoms with Gasteiger partial charge in [0.05, 0.1) is 0 Å². The molecule has 3 unspecified atom stereocenters. The molecule has 0 radical (unpaired) electrons. The highest BCUT2D eigenvalue weighted by Crippen LogP contribution is 2.42. The van der Waals surface area contributed by atoms with Crippen molar-refractivity contribution in [2.45, 2.75) is 63.5 Å². The smallest absolute Gasteiger partial charge is 0.254 e. The standard InChI is InChI=1S/C24H33N3O2/c28-22(18-6-2-1-3-7-18)27-20-9-5-4-8-19(20)16-21(27)23(29)26-14-11-24(12-15-26)10-13-25-17-24/h1-3,6-7,19-21,25H,4-5,8-17H2. The Labute approximate surface area is 173 Å². The lowest BCUT2D eigenvalue weighted by Crippen LogP contribution is -2.53. The number of hydrogen-bond acceptors (Lipinski definition) is 3. The number of fused-ring (bicyclic) bond motifs is 1. The number of nitrogens with zero attached hydrogens (tertiary/aromatic N) is 2. The molecule has 3 atom stereocenters. The third-order valence-electron chi connectivity index (χ3n) is 8.10. The molecule has 1 spiro atoms. The molecule has 3 heterocycles. The van der Waals surface area contributed by atoms with Gasteiger partial charge in [0.1, 0.15) is 6.04 Å². The lowest BCUT2D eigenvalue weighted by atomic mass is 9.77. The zero-order valence-electron chi connectivity index (χ0n) is 17.3. The van der Waals surface area contributed by atoms with Crippen LogP contribution in [0, 0.1) is 11.3 Å². The Balaban J connectivity index is 1.35. The van der Waals surface area contributed by atoms with Gasteiger partial charge >= 0.3 is 0 Å². The van der Waals surface area contributed by atoms with Crippen LogP contribution >= 0.6 is 0 Å². The van der Waals surface area contributed by atoms with Crippen molar-refractivity contribution in [3.63, 3.8) is 0 Å². The van der Waals surface area contributed by atoms with Crippen LogP contribution in [-0.2, 0) is 4.79 Å². The summed E-state index contributed by atoms with van der Waals surface area (Å²) >= 11 is 0. The molecule has 29 heavy (non-hydrogen) atoms. The van der Waals surface area contributed by atoms with E-state index in [4.69, 9.17) is 0 Å². The van der Waals surface area contributed by atoms with Gasteiger partial charge in [0.25, 0.3) is 5.91 Å². The fourth-order valence-electron chi connectivity index (χ4n) is 6.34. The van der Waals surface area contributed by atoms with Crippen LogP contribution in [0.15, 0.2) is 30.3 Å². The second-order valence-electron chi connectivity index (χ2n) is 9.69. The van der Waals surface area contributed by atoms with Crippen molar-refractivity contribution in [2.24, 2.45) is 11.3 Å². The van der Waals surface area contributed by atoms with Gasteiger partial charge in [-0.3, -0.25) is 9.59 Å². The molecule has 0 aromatic heterocycles. The maximum atomic E-state index is 13.6. The minimum Gasteiger partial charge on any atom is -0.341 e. The van der Waals surface area contributed by atoms with Gasteiger partial charge < -0.3 is 15.1 Å². The summed E-state index contributed by atoms with van der Waals surface area (Å²) in [6.45, 7) is 3.90. The van der Waals surface area contributed by atoms with E-state index < -0.39 is 0 Å². The highest BCUT2D eigenvalue weighted by atomic mass is 16.2. The van der Waals surface area contributed by atoms with Crippen LogP contribution in [0.1, 0.15) is 61.7 Å². The molecule has 1 N–H and O–H groups in total. The van der Waals surface area contributed by atoms with Crippen LogP contribution in [0.5, 0.6) is 0 Å². The first-order valence-electron chi connectivity index (χ1n) is 11.5. The fraction of sp³-hybridized carbons (Fsp3) is 0.667. The van der Waals surface area contributed by atoms with Crippen LogP contribution in [0.2, 0.25) is 0 Å². The predicted molar refractivity (Wildman–Crippen MR) is 112 cm³/mol. The number of likely N-dealkylation sites (tertiary alicyclic amines) is 2.